The molecule has 3 heteroatoms. The number of aldehydes is 1. The highest BCUT2D eigenvalue weighted by Crippen LogP contribution is 2.21. The fourth-order valence-electron chi connectivity index (χ4n) is 2.74. The second kappa shape index (κ2) is 6.00. The number of hydrogen-bond acceptors (Lipinski definition) is 3. The van der Waals surface area contributed by atoms with Crippen molar-refractivity contribution < 1.29 is 4.79 Å². The minimum absolute atomic E-state index is 0.733. The first-order valence-electron chi connectivity index (χ1n) is 7.38. The normalized spacial score (nSPS) is 15.1. The summed E-state index contributed by atoms with van der Waals surface area (Å²) in [5.41, 5.74) is 4.53. The number of benzene rings is 2. The third-order valence-electron chi connectivity index (χ3n) is 4.07. The first-order chi connectivity index (χ1) is 10.3. The maximum absolute atomic E-state index is 10.7. The number of hydrogen-bond donors (Lipinski definition) is 0. The van der Waals surface area contributed by atoms with Crippen LogP contribution in [0.2, 0.25) is 0 Å². The van der Waals surface area contributed by atoms with E-state index in [0.29, 0.717) is 0 Å². The Labute approximate surface area is 125 Å². The number of carbonyl (C=O) groups is 1. The predicted molar refractivity (Wildman–Crippen MR) is 87.4 cm³/mol. The van der Waals surface area contributed by atoms with Crippen LogP contribution in [0, 0.1) is 6.92 Å². The fourth-order valence-corrected chi connectivity index (χ4v) is 2.74. The molecule has 0 spiro atoms. The summed E-state index contributed by atoms with van der Waals surface area (Å²) < 4.78 is 0. The molecule has 0 amide bonds. The van der Waals surface area contributed by atoms with Crippen molar-refractivity contribution in [2.24, 2.45) is 0 Å². The van der Waals surface area contributed by atoms with Gasteiger partial charge in [-0.25, -0.2) is 0 Å². The van der Waals surface area contributed by atoms with Crippen LogP contribution in [0.1, 0.15) is 15.9 Å². The summed E-state index contributed by atoms with van der Waals surface area (Å²) in [6.07, 6.45) is 0.888. The van der Waals surface area contributed by atoms with Gasteiger partial charge in [0.1, 0.15) is 6.29 Å². The Morgan fingerprint density at radius 2 is 1.19 bits per heavy atom. The summed E-state index contributed by atoms with van der Waals surface area (Å²) in [6, 6.07) is 16.6. The summed E-state index contributed by atoms with van der Waals surface area (Å²) in [4.78, 5) is 15.5. The van der Waals surface area contributed by atoms with Gasteiger partial charge in [-0.2, -0.15) is 0 Å². The third kappa shape index (κ3) is 3.07. The Bertz CT molecular complexity index is 596. The van der Waals surface area contributed by atoms with E-state index in [4.69, 9.17) is 0 Å². The molecular formula is C18H20N2O. The Kier molecular flexibility index (Phi) is 3.91. The molecule has 1 aliphatic heterocycles. The van der Waals surface area contributed by atoms with Crippen molar-refractivity contribution in [3.63, 3.8) is 0 Å². The van der Waals surface area contributed by atoms with E-state index >= 15 is 0 Å². The average molecular weight is 280 g/mol. The van der Waals surface area contributed by atoms with Gasteiger partial charge in [-0.05, 0) is 43.3 Å². The molecule has 2 aromatic rings. The van der Waals surface area contributed by atoms with E-state index in [2.05, 4.69) is 41.0 Å². The Morgan fingerprint density at radius 1 is 0.762 bits per heavy atom. The minimum atomic E-state index is 0.733. The maximum atomic E-state index is 10.7. The van der Waals surface area contributed by atoms with Gasteiger partial charge >= 0.3 is 0 Å². The zero-order chi connectivity index (χ0) is 14.7. The number of carbonyl (C=O) groups excluding carboxylic acids is 1. The van der Waals surface area contributed by atoms with E-state index in [-0.39, 0.29) is 0 Å². The number of aryl methyl sites for hydroxylation is 1. The molecule has 3 nitrogen and oxygen atoms in total. The number of piperazine rings is 1. The summed E-state index contributed by atoms with van der Waals surface area (Å²) in [7, 11) is 0. The lowest BCUT2D eigenvalue weighted by Gasteiger charge is -2.37. The van der Waals surface area contributed by atoms with Crippen molar-refractivity contribution >= 4 is 17.7 Å². The van der Waals surface area contributed by atoms with E-state index in [1.807, 2.05) is 24.3 Å². The second-order valence-corrected chi connectivity index (χ2v) is 5.52. The highest BCUT2D eigenvalue weighted by molar-refractivity contribution is 5.75. The quantitative estimate of drug-likeness (QED) is 0.807. The van der Waals surface area contributed by atoms with Crippen molar-refractivity contribution in [1.29, 1.82) is 0 Å². The molecular weight excluding hydrogens is 260 g/mol. The van der Waals surface area contributed by atoms with Crippen LogP contribution in [0.5, 0.6) is 0 Å². The molecule has 0 aliphatic carbocycles. The molecule has 21 heavy (non-hydrogen) atoms. The molecule has 1 fully saturated rings. The van der Waals surface area contributed by atoms with Gasteiger partial charge in [0.15, 0.2) is 0 Å². The Morgan fingerprint density at radius 3 is 1.62 bits per heavy atom. The molecule has 1 saturated heterocycles. The van der Waals surface area contributed by atoms with Crippen molar-refractivity contribution in [3.8, 4) is 0 Å². The topological polar surface area (TPSA) is 23.6 Å². The van der Waals surface area contributed by atoms with E-state index in [1.165, 1.54) is 16.9 Å². The maximum Gasteiger partial charge on any atom is 0.150 e. The van der Waals surface area contributed by atoms with Gasteiger partial charge in [0.05, 0.1) is 0 Å². The third-order valence-corrected chi connectivity index (χ3v) is 4.07. The van der Waals surface area contributed by atoms with Crippen molar-refractivity contribution in [2.75, 3.05) is 36.0 Å². The molecule has 0 unspecified atom stereocenters. The molecule has 1 aliphatic rings. The van der Waals surface area contributed by atoms with Crippen LogP contribution in [-0.4, -0.2) is 32.5 Å². The molecule has 0 bridgehead atoms. The van der Waals surface area contributed by atoms with E-state index < -0.39 is 0 Å². The molecule has 0 atom stereocenters. The molecule has 0 radical (unpaired) electrons. The number of anilines is 2. The van der Waals surface area contributed by atoms with Crippen LogP contribution in [0.4, 0.5) is 11.4 Å². The molecule has 0 saturated carbocycles. The Hall–Kier alpha value is -2.29. The van der Waals surface area contributed by atoms with E-state index in [0.717, 1.165) is 38.0 Å². The van der Waals surface area contributed by atoms with E-state index in [1.54, 1.807) is 0 Å². The first kappa shape index (κ1) is 13.7. The van der Waals surface area contributed by atoms with Crippen LogP contribution in [0.3, 0.4) is 0 Å². The van der Waals surface area contributed by atoms with Crippen LogP contribution in [-0.2, 0) is 0 Å². The van der Waals surface area contributed by atoms with Gasteiger partial charge in [0.2, 0.25) is 0 Å². The van der Waals surface area contributed by atoms with Gasteiger partial charge < -0.3 is 9.80 Å². The lowest BCUT2D eigenvalue weighted by atomic mass is 10.1. The summed E-state index contributed by atoms with van der Waals surface area (Å²) in [5, 5.41) is 0. The van der Waals surface area contributed by atoms with Crippen molar-refractivity contribution in [2.45, 2.75) is 6.92 Å². The first-order valence-corrected chi connectivity index (χ1v) is 7.38. The monoisotopic (exact) mass is 280 g/mol. The van der Waals surface area contributed by atoms with Gasteiger partial charge in [-0.1, -0.05) is 17.7 Å². The fraction of sp³-hybridized carbons (Fsp3) is 0.278. The van der Waals surface area contributed by atoms with Gasteiger partial charge in [-0.3, -0.25) is 4.79 Å². The van der Waals surface area contributed by atoms with Gasteiger partial charge in [0, 0.05) is 43.1 Å². The number of nitrogens with zero attached hydrogens (tertiary/aromatic N) is 2. The SMILES string of the molecule is Cc1ccc(N2CCN(c3ccc(C=O)cc3)CC2)cc1. The van der Waals surface area contributed by atoms with Crippen LogP contribution in [0.15, 0.2) is 48.5 Å². The van der Waals surface area contributed by atoms with Crippen LogP contribution < -0.4 is 9.80 Å². The van der Waals surface area contributed by atoms with Crippen molar-refractivity contribution in [3.05, 3.63) is 59.7 Å². The molecule has 0 aromatic heterocycles. The highest BCUT2D eigenvalue weighted by atomic mass is 16.1. The summed E-state index contributed by atoms with van der Waals surface area (Å²) in [6.45, 7) is 6.18. The van der Waals surface area contributed by atoms with Gasteiger partial charge in [-0.15, -0.1) is 0 Å². The zero-order valence-electron chi connectivity index (χ0n) is 12.3. The predicted octanol–water partition coefficient (Wildman–Crippen LogP) is 3.13. The zero-order valence-corrected chi connectivity index (χ0v) is 12.3. The minimum Gasteiger partial charge on any atom is -0.368 e. The highest BCUT2D eigenvalue weighted by Gasteiger charge is 2.17. The molecule has 2 aromatic carbocycles. The largest absolute Gasteiger partial charge is 0.368 e. The molecule has 1 heterocycles. The number of rotatable bonds is 3. The lowest BCUT2D eigenvalue weighted by molar-refractivity contribution is 0.112. The van der Waals surface area contributed by atoms with Crippen molar-refractivity contribution in [1.82, 2.24) is 0 Å². The lowest BCUT2D eigenvalue weighted by Crippen LogP contribution is -2.46. The molecule has 108 valence electrons. The standard InChI is InChI=1S/C18H20N2O/c1-15-2-6-17(7-3-15)19-10-12-20(13-11-19)18-8-4-16(14-21)5-9-18/h2-9,14H,10-13H2,1H3. The summed E-state index contributed by atoms with van der Waals surface area (Å²) in [5.74, 6) is 0. The van der Waals surface area contributed by atoms with Gasteiger partial charge in [0.25, 0.3) is 0 Å². The van der Waals surface area contributed by atoms with Crippen LogP contribution in [0.25, 0.3) is 0 Å². The molecule has 0 N–H and O–H groups in total. The van der Waals surface area contributed by atoms with Crippen LogP contribution >= 0.6 is 0 Å². The molecule has 3 rings (SSSR count). The smallest absolute Gasteiger partial charge is 0.150 e. The average Bonchev–Trinajstić information content (AvgIpc) is 2.56. The Balaban J connectivity index is 1.64. The second-order valence-electron chi connectivity index (χ2n) is 5.52. The van der Waals surface area contributed by atoms with E-state index in [9.17, 15) is 4.79 Å². The summed E-state index contributed by atoms with van der Waals surface area (Å²) >= 11 is 0.